The summed E-state index contributed by atoms with van der Waals surface area (Å²) in [4.78, 5) is 0. The Morgan fingerprint density at radius 1 is 1.42 bits per heavy atom. The van der Waals surface area contributed by atoms with Gasteiger partial charge >= 0.3 is 0 Å². The van der Waals surface area contributed by atoms with Crippen molar-refractivity contribution < 1.29 is 9.13 Å². The highest BCUT2D eigenvalue weighted by Gasteiger charge is 2.26. The minimum absolute atomic E-state index is 0.296. The lowest BCUT2D eigenvalue weighted by molar-refractivity contribution is 0.101. The topological polar surface area (TPSA) is 78.8 Å². The Labute approximate surface area is 110 Å². The second kappa shape index (κ2) is 4.93. The van der Waals surface area contributed by atoms with Crippen LogP contribution in [0.4, 0.5) is 10.1 Å². The van der Waals surface area contributed by atoms with E-state index in [2.05, 4.69) is 15.5 Å². The number of nitrogens with two attached hydrogens (primary N) is 1. The molecule has 0 saturated heterocycles. The number of anilines is 1. The van der Waals surface area contributed by atoms with Crippen molar-refractivity contribution in [3.05, 3.63) is 24.0 Å². The van der Waals surface area contributed by atoms with E-state index in [1.54, 1.807) is 17.9 Å². The van der Waals surface area contributed by atoms with Crippen molar-refractivity contribution in [2.24, 2.45) is 0 Å². The first-order valence-corrected chi connectivity index (χ1v) is 5.79. The number of rotatable bonds is 4. The highest BCUT2D eigenvalue weighted by Crippen LogP contribution is 2.27. The molecule has 0 fully saturated rings. The second-order valence-electron chi connectivity index (χ2n) is 4.89. The van der Waals surface area contributed by atoms with E-state index in [0.717, 1.165) is 0 Å². The Morgan fingerprint density at radius 2 is 2.16 bits per heavy atom. The highest BCUT2D eigenvalue weighted by molar-refractivity contribution is 5.71. The molecule has 1 heterocycles. The molecule has 0 saturated carbocycles. The summed E-state index contributed by atoms with van der Waals surface area (Å²) in [5.74, 6) is 0.0935. The molecule has 0 bridgehead atoms. The number of hydrogen-bond donors (Lipinski definition) is 1. The van der Waals surface area contributed by atoms with Crippen LogP contribution in [0, 0.1) is 5.82 Å². The summed E-state index contributed by atoms with van der Waals surface area (Å²) < 4.78 is 19.9. The van der Waals surface area contributed by atoms with E-state index in [-0.39, 0.29) is 0 Å². The zero-order valence-corrected chi connectivity index (χ0v) is 11.1. The third-order valence-electron chi connectivity index (χ3n) is 2.79. The first-order valence-electron chi connectivity index (χ1n) is 5.79. The van der Waals surface area contributed by atoms with Crippen molar-refractivity contribution in [2.45, 2.75) is 19.4 Å². The Bertz CT molecular complexity index is 581. The second-order valence-corrected chi connectivity index (χ2v) is 4.89. The Balaban J connectivity index is 2.50. The van der Waals surface area contributed by atoms with Crippen LogP contribution in [0.1, 0.15) is 13.8 Å². The van der Waals surface area contributed by atoms with Crippen molar-refractivity contribution in [3.63, 3.8) is 0 Å². The maximum Gasteiger partial charge on any atom is 0.184 e. The molecule has 2 N–H and O–H groups in total. The summed E-state index contributed by atoms with van der Waals surface area (Å²) in [6.45, 7) is 4.32. The van der Waals surface area contributed by atoms with Gasteiger partial charge in [0.1, 0.15) is 5.82 Å². The number of tetrazole rings is 1. The number of halogens is 1. The van der Waals surface area contributed by atoms with Gasteiger partial charge in [-0.3, -0.25) is 0 Å². The molecule has 0 aliphatic carbocycles. The lowest BCUT2D eigenvalue weighted by Crippen LogP contribution is -2.33. The molecule has 2 rings (SSSR count). The van der Waals surface area contributed by atoms with Gasteiger partial charge in [0.15, 0.2) is 5.82 Å². The monoisotopic (exact) mass is 265 g/mol. The van der Waals surface area contributed by atoms with Crippen LogP contribution in [-0.4, -0.2) is 33.9 Å². The number of nitrogen functional groups attached to an aromatic ring is 1. The summed E-state index contributed by atoms with van der Waals surface area (Å²) in [6, 6.07) is 4.14. The summed E-state index contributed by atoms with van der Waals surface area (Å²) in [5, 5.41) is 11.6. The molecule has 0 spiro atoms. The highest BCUT2D eigenvalue weighted by atomic mass is 19.1. The van der Waals surface area contributed by atoms with Crippen molar-refractivity contribution in [1.29, 1.82) is 0 Å². The van der Waals surface area contributed by atoms with Crippen LogP contribution in [0.5, 0.6) is 0 Å². The van der Waals surface area contributed by atoms with Gasteiger partial charge in [-0.1, -0.05) is 0 Å². The SMILES string of the molecule is COCC(C)(C)n1nnnc1-c1ccc(F)cc1N. The van der Waals surface area contributed by atoms with E-state index in [4.69, 9.17) is 10.5 Å². The van der Waals surface area contributed by atoms with Crippen LogP contribution in [-0.2, 0) is 10.3 Å². The average Bonchev–Trinajstić information content (AvgIpc) is 2.78. The normalized spacial score (nSPS) is 11.8. The van der Waals surface area contributed by atoms with Crippen LogP contribution in [0.3, 0.4) is 0 Å². The van der Waals surface area contributed by atoms with Gasteiger partial charge < -0.3 is 10.5 Å². The Kier molecular flexibility index (Phi) is 3.48. The van der Waals surface area contributed by atoms with Gasteiger partial charge in [0.05, 0.1) is 12.1 Å². The van der Waals surface area contributed by atoms with E-state index in [1.807, 2.05) is 13.8 Å². The van der Waals surface area contributed by atoms with Gasteiger partial charge in [-0.15, -0.1) is 5.10 Å². The number of nitrogens with zero attached hydrogens (tertiary/aromatic N) is 4. The zero-order valence-electron chi connectivity index (χ0n) is 11.1. The molecule has 6 nitrogen and oxygen atoms in total. The minimum Gasteiger partial charge on any atom is -0.398 e. The number of methoxy groups -OCH3 is 1. The molecule has 0 unspecified atom stereocenters. The van der Waals surface area contributed by atoms with Crippen molar-refractivity contribution >= 4 is 5.69 Å². The molecule has 0 aliphatic rings. The predicted octanol–water partition coefficient (Wildman–Crippen LogP) is 1.44. The lowest BCUT2D eigenvalue weighted by atomic mass is 10.1. The molecule has 7 heteroatoms. The van der Waals surface area contributed by atoms with E-state index >= 15 is 0 Å². The molecule has 19 heavy (non-hydrogen) atoms. The molecular formula is C12H16FN5O. The first kappa shape index (κ1) is 13.4. The minimum atomic E-state index is -0.436. The summed E-state index contributed by atoms with van der Waals surface area (Å²) in [5.41, 5.74) is 6.27. The van der Waals surface area contributed by atoms with Crippen molar-refractivity contribution in [2.75, 3.05) is 19.5 Å². The molecule has 1 aromatic carbocycles. The fourth-order valence-electron chi connectivity index (χ4n) is 1.91. The van der Waals surface area contributed by atoms with Gasteiger partial charge in [0.25, 0.3) is 0 Å². The number of ether oxygens (including phenoxy) is 1. The lowest BCUT2D eigenvalue weighted by Gasteiger charge is -2.24. The van der Waals surface area contributed by atoms with Gasteiger partial charge in [0.2, 0.25) is 0 Å². The van der Waals surface area contributed by atoms with E-state index in [1.165, 1.54) is 12.1 Å². The van der Waals surface area contributed by atoms with E-state index in [9.17, 15) is 4.39 Å². The zero-order chi connectivity index (χ0) is 14.0. The molecule has 0 atom stereocenters. The molecule has 0 radical (unpaired) electrons. The molecule has 2 aromatic rings. The van der Waals surface area contributed by atoms with Crippen LogP contribution >= 0.6 is 0 Å². The fourth-order valence-corrected chi connectivity index (χ4v) is 1.91. The van der Waals surface area contributed by atoms with Crippen molar-refractivity contribution in [1.82, 2.24) is 20.2 Å². The van der Waals surface area contributed by atoms with E-state index < -0.39 is 11.4 Å². The summed E-state index contributed by atoms with van der Waals surface area (Å²) in [6.07, 6.45) is 0. The number of aromatic nitrogens is 4. The molecular weight excluding hydrogens is 249 g/mol. The number of hydrogen-bond acceptors (Lipinski definition) is 5. The standard InChI is InChI=1S/C12H16FN5O/c1-12(2,7-19-3)18-11(15-16-17-18)9-5-4-8(13)6-10(9)14/h4-6H,7,14H2,1-3H3. The maximum atomic E-state index is 13.1. The first-order chi connectivity index (χ1) is 8.95. The van der Waals surface area contributed by atoms with Crippen molar-refractivity contribution in [3.8, 4) is 11.4 Å². The van der Waals surface area contributed by atoms with Crippen LogP contribution in [0.2, 0.25) is 0 Å². The summed E-state index contributed by atoms with van der Waals surface area (Å²) in [7, 11) is 1.61. The largest absolute Gasteiger partial charge is 0.398 e. The smallest absolute Gasteiger partial charge is 0.184 e. The van der Waals surface area contributed by atoms with Crippen LogP contribution < -0.4 is 5.73 Å². The molecule has 102 valence electrons. The fraction of sp³-hybridized carbons (Fsp3) is 0.417. The third-order valence-corrected chi connectivity index (χ3v) is 2.79. The third kappa shape index (κ3) is 2.55. The molecule has 1 aromatic heterocycles. The van der Waals surface area contributed by atoms with Gasteiger partial charge in [-0.2, -0.15) is 0 Å². The summed E-state index contributed by atoms with van der Waals surface area (Å²) >= 11 is 0. The Hall–Kier alpha value is -2.02. The number of benzene rings is 1. The predicted molar refractivity (Wildman–Crippen MR) is 68.8 cm³/mol. The van der Waals surface area contributed by atoms with Crippen LogP contribution in [0.15, 0.2) is 18.2 Å². The molecule has 0 amide bonds. The molecule has 0 aliphatic heterocycles. The Morgan fingerprint density at radius 3 is 2.79 bits per heavy atom. The van der Waals surface area contributed by atoms with Gasteiger partial charge in [-0.25, -0.2) is 9.07 Å². The van der Waals surface area contributed by atoms with Gasteiger partial charge in [0, 0.05) is 18.4 Å². The average molecular weight is 265 g/mol. The quantitative estimate of drug-likeness (QED) is 0.846. The van der Waals surface area contributed by atoms with Gasteiger partial charge in [-0.05, 0) is 42.5 Å². The van der Waals surface area contributed by atoms with E-state index in [0.29, 0.717) is 23.7 Å². The van der Waals surface area contributed by atoms with Crippen LogP contribution in [0.25, 0.3) is 11.4 Å². The maximum absolute atomic E-state index is 13.1.